The summed E-state index contributed by atoms with van der Waals surface area (Å²) in [5, 5.41) is 3.95. The van der Waals surface area contributed by atoms with E-state index in [9.17, 15) is 4.79 Å². The molecule has 1 aromatic carbocycles. The van der Waals surface area contributed by atoms with Gasteiger partial charge in [-0.1, -0.05) is 17.7 Å². The SMILES string of the molecule is C[C@H](NCC(=O)N1CCN(c2cccc(Cl)c2)CC1)c1ccco1. The summed E-state index contributed by atoms with van der Waals surface area (Å²) in [5.41, 5.74) is 1.11. The quantitative estimate of drug-likeness (QED) is 0.903. The molecule has 0 aliphatic carbocycles. The van der Waals surface area contributed by atoms with Gasteiger partial charge in [0.2, 0.25) is 5.91 Å². The molecule has 0 bridgehead atoms. The molecule has 24 heavy (non-hydrogen) atoms. The van der Waals surface area contributed by atoms with Crippen LogP contribution in [0.5, 0.6) is 0 Å². The molecule has 1 aromatic heterocycles. The van der Waals surface area contributed by atoms with Crippen LogP contribution in [-0.2, 0) is 4.79 Å². The van der Waals surface area contributed by atoms with Crippen LogP contribution in [0.2, 0.25) is 5.02 Å². The number of furan rings is 1. The number of anilines is 1. The zero-order valence-electron chi connectivity index (χ0n) is 13.7. The van der Waals surface area contributed by atoms with Gasteiger partial charge in [0, 0.05) is 36.9 Å². The number of amides is 1. The van der Waals surface area contributed by atoms with E-state index in [1.807, 2.05) is 42.2 Å². The number of hydrogen-bond donors (Lipinski definition) is 1. The van der Waals surface area contributed by atoms with Crippen molar-refractivity contribution in [2.24, 2.45) is 0 Å². The van der Waals surface area contributed by atoms with Crippen LogP contribution in [0.15, 0.2) is 47.1 Å². The molecule has 1 saturated heterocycles. The lowest BCUT2D eigenvalue weighted by Gasteiger charge is -2.36. The molecule has 1 amide bonds. The number of piperazine rings is 1. The Bertz CT molecular complexity index is 667. The topological polar surface area (TPSA) is 48.7 Å². The Hall–Kier alpha value is -1.98. The minimum Gasteiger partial charge on any atom is -0.468 e. The number of carbonyl (C=O) groups is 1. The lowest BCUT2D eigenvalue weighted by atomic mass is 10.2. The maximum Gasteiger partial charge on any atom is 0.236 e. The fourth-order valence-corrected chi connectivity index (χ4v) is 3.06. The van der Waals surface area contributed by atoms with Crippen molar-refractivity contribution in [1.29, 1.82) is 0 Å². The molecule has 0 unspecified atom stereocenters. The third kappa shape index (κ3) is 4.10. The summed E-state index contributed by atoms with van der Waals surface area (Å²) in [6.45, 7) is 5.40. The van der Waals surface area contributed by atoms with Gasteiger partial charge in [0.1, 0.15) is 5.76 Å². The smallest absolute Gasteiger partial charge is 0.236 e. The summed E-state index contributed by atoms with van der Waals surface area (Å²) in [6, 6.07) is 11.6. The molecule has 6 heteroatoms. The summed E-state index contributed by atoms with van der Waals surface area (Å²) in [6.07, 6.45) is 1.64. The summed E-state index contributed by atoms with van der Waals surface area (Å²) >= 11 is 6.05. The highest BCUT2D eigenvalue weighted by molar-refractivity contribution is 6.30. The Balaban J connectivity index is 1.46. The van der Waals surface area contributed by atoms with Gasteiger partial charge in [-0.05, 0) is 37.3 Å². The predicted molar refractivity (Wildman–Crippen MR) is 95.4 cm³/mol. The van der Waals surface area contributed by atoms with Gasteiger partial charge < -0.3 is 14.2 Å². The van der Waals surface area contributed by atoms with Crippen LogP contribution in [0.1, 0.15) is 18.7 Å². The van der Waals surface area contributed by atoms with E-state index >= 15 is 0 Å². The molecule has 1 atom stereocenters. The third-order valence-electron chi connectivity index (χ3n) is 4.34. The van der Waals surface area contributed by atoms with E-state index in [0.717, 1.165) is 42.6 Å². The summed E-state index contributed by atoms with van der Waals surface area (Å²) in [7, 11) is 0. The largest absolute Gasteiger partial charge is 0.468 e. The average Bonchev–Trinajstić information content (AvgIpc) is 3.14. The monoisotopic (exact) mass is 347 g/mol. The van der Waals surface area contributed by atoms with Crippen molar-refractivity contribution in [3.05, 3.63) is 53.4 Å². The standard InChI is InChI=1S/C18H22ClN3O2/c1-14(17-6-3-11-24-17)20-13-18(23)22-9-7-21(8-10-22)16-5-2-4-15(19)12-16/h2-6,11-12,14,20H,7-10,13H2,1H3/t14-/m0/s1. The lowest BCUT2D eigenvalue weighted by Crippen LogP contribution is -2.51. The van der Waals surface area contributed by atoms with Crippen LogP contribution in [0.3, 0.4) is 0 Å². The van der Waals surface area contributed by atoms with Crippen molar-refractivity contribution in [2.75, 3.05) is 37.6 Å². The van der Waals surface area contributed by atoms with Crippen molar-refractivity contribution in [3.8, 4) is 0 Å². The first-order chi connectivity index (χ1) is 11.6. The van der Waals surface area contributed by atoms with Gasteiger partial charge in [-0.2, -0.15) is 0 Å². The number of hydrogen-bond acceptors (Lipinski definition) is 4. The predicted octanol–water partition coefficient (Wildman–Crippen LogP) is 2.93. The highest BCUT2D eigenvalue weighted by Gasteiger charge is 2.21. The van der Waals surface area contributed by atoms with Crippen molar-refractivity contribution >= 4 is 23.2 Å². The second-order valence-electron chi connectivity index (χ2n) is 5.97. The van der Waals surface area contributed by atoms with Gasteiger partial charge >= 0.3 is 0 Å². The fourth-order valence-electron chi connectivity index (χ4n) is 2.88. The molecule has 3 rings (SSSR count). The Morgan fingerprint density at radius 2 is 2.04 bits per heavy atom. The first-order valence-electron chi connectivity index (χ1n) is 8.18. The summed E-state index contributed by atoms with van der Waals surface area (Å²) < 4.78 is 5.34. The first kappa shape index (κ1) is 16.9. The lowest BCUT2D eigenvalue weighted by molar-refractivity contribution is -0.130. The van der Waals surface area contributed by atoms with Crippen LogP contribution < -0.4 is 10.2 Å². The Morgan fingerprint density at radius 1 is 1.25 bits per heavy atom. The Morgan fingerprint density at radius 3 is 2.71 bits per heavy atom. The van der Waals surface area contributed by atoms with E-state index in [-0.39, 0.29) is 11.9 Å². The van der Waals surface area contributed by atoms with Crippen molar-refractivity contribution in [1.82, 2.24) is 10.2 Å². The van der Waals surface area contributed by atoms with E-state index in [1.54, 1.807) is 6.26 Å². The fraction of sp³-hybridized carbons (Fsp3) is 0.389. The van der Waals surface area contributed by atoms with E-state index in [4.69, 9.17) is 16.0 Å². The van der Waals surface area contributed by atoms with E-state index < -0.39 is 0 Å². The minimum atomic E-state index is 0.0247. The molecule has 0 spiro atoms. The summed E-state index contributed by atoms with van der Waals surface area (Å²) in [4.78, 5) is 16.5. The second kappa shape index (κ2) is 7.73. The second-order valence-corrected chi connectivity index (χ2v) is 6.40. The number of halogens is 1. The summed E-state index contributed by atoms with van der Waals surface area (Å²) in [5.74, 6) is 0.965. The van der Waals surface area contributed by atoms with E-state index in [2.05, 4.69) is 16.3 Å². The van der Waals surface area contributed by atoms with E-state index in [1.165, 1.54) is 0 Å². The first-order valence-corrected chi connectivity index (χ1v) is 8.56. The zero-order chi connectivity index (χ0) is 16.9. The number of nitrogens with one attached hydrogen (secondary N) is 1. The maximum atomic E-state index is 12.4. The number of carbonyl (C=O) groups excluding carboxylic acids is 1. The molecule has 128 valence electrons. The van der Waals surface area contributed by atoms with Crippen LogP contribution in [0.25, 0.3) is 0 Å². The normalized spacial score (nSPS) is 16.2. The molecule has 5 nitrogen and oxygen atoms in total. The van der Waals surface area contributed by atoms with Crippen molar-refractivity contribution in [3.63, 3.8) is 0 Å². The van der Waals surface area contributed by atoms with Gasteiger partial charge in [-0.25, -0.2) is 0 Å². The highest BCUT2D eigenvalue weighted by Crippen LogP contribution is 2.20. The van der Waals surface area contributed by atoms with Gasteiger partial charge in [-0.3, -0.25) is 10.1 Å². The van der Waals surface area contributed by atoms with Crippen molar-refractivity contribution in [2.45, 2.75) is 13.0 Å². The molecule has 1 aliphatic heterocycles. The molecular weight excluding hydrogens is 326 g/mol. The number of nitrogens with zero attached hydrogens (tertiary/aromatic N) is 2. The Kier molecular flexibility index (Phi) is 5.43. The number of rotatable bonds is 5. The van der Waals surface area contributed by atoms with Gasteiger partial charge in [0.15, 0.2) is 0 Å². The van der Waals surface area contributed by atoms with Crippen LogP contribution >= 0.6 is 11.6 Å². The minimum absolute atomic E-state index is 0.0247. The van der Waals surface area contributed by atoms with Crippen LogP contribution in [0, 0.1) is 0 Å². The molecule has 2 heterocycles. The van der Waals surface area contributed by atoms with Crippen molar-refractivity contribution < 1.29 is 9.21 Å². The molecule has 0 radical (unpaired) electrons. The van der Waals surface area contributed by atoms with Crippen LogP contribution in [-0.4, -0.2) is 43.5 Å². The third-order valence-corrected chi connectivity index (χ3v) is 4.57. The highest BCUT2D eigenvalue weighted by atomic mass is 35.5. The number of benzene rings is 1. The zero-order valence-corrected chi connectivity index (χ0v) is 14.5. The molecule has 0 saturated carbocycles. The average molecular weight is 348 g/mol. The molecule has 2 aromatic rings. The molecule has 1 N–H and O–H groups in total. The Labute approximate surface area is 147 Å². The molecule has 1 aliphatic rings. The maximum absolute atomic E-state index is 12.4. The van der Waals surface area contributed by atoms with E-state index in [0.29, 0.717) is 6.54 Å². The molecular formula is C18H22ClN3O2. The van der Waals surface area contributed by atoms with Gasteiger partial charge in [0.05, 0.1) is 18.8 Å². The van der Waals surface area contributed by atoms with Gasteiger partial charge in [-0.15, -0.1) is 0 Å². The van der Waals surface area contributed by atoms with Gasteiger partial charge in [0.25, 0.3) is 0 Å². The molecule has 1 fully saturated rings. The van der Waals surface area contributed by atoms with Crippen LogP contribution in [0.4, 0.5) is 5.69 Å².